The first kappa shape index (κ1) is 10.2. The van der Waals surface area contributed by atoms with E-state index in [2.05, 4.69) is 0 Å². The van der Waals surface area contributed by atoms with E-state index >= 15 is 0 Å². The van der Waals surface area contributed by atoms with Gasteiger partial charge >= 0.3 is 5.97 Å². The number of nitrogens with one attached hydrogen (secondary N) is 1. The molecule has 1 aromatic carbocycles. The molecule has 0 aliphatic rings. The average Bonchev–Trinajstić information content (AvgIpc) is 2.19. The van der Waals surface area contributed by atoms with Crippen molar-refractivity contribution in [2.24, 2.45) is 0 Å². The van der Waals surface area contributed by atoms with Gasteiger partial charge in [0.25, 0.3) is 0 Å². The number of anilines is 1. The molecular weight excluding hydrogens is 180 g/mol. The van der Waals surface area contributed by atoms with Crippen molar-refractivity contribution in [3.8, 4) is 0 Å². The number of hydrogen-bond acceptors (Lipinski definition) is 4. The van der Waals surface area contributed by atoms with Gasteiger partial charge < -0.3 is 15.9 Å². The molecule has 0 amide bonds. The quantitative estimate of drug-likeness (QED) is 0.432. The first-order valence-corrected chi connectivity index (χ1v) is 4.26. The van der Waals surface area contributed by atoms with Crippen LogP contribution >= 0.6 is 0 Å². The van der Waals surface area contributed by atoms with Gasteiger partial charge in [-0.25, -0.2) is 4.79 Å². The topological polar surface area (TPSA) is 76.2 Å². The van der Waals surface area contributed by atoms with Gasteiger partial charge in [-0.3, -0.25) is 0 Å². The van der Waals surface area contributed by atoms with E-state index in [4.69, 9.17) is 15.9 Å². The summed E-state index contributed by atoms with van der Waals surface area (Å²) in [6, 6.07) is 4.72. The lowest BCUT2D eigenvalue weighted by Gasteiger charge is -2.04. The molecule has 0 unspecified atom stereocenters. The van der Waals surface area contributed by atoms with Gasteiger partial charge in [0.1, 0.15) is 0 Å². The van der Waals surface area contributed by atoms with Crippen LogP contribution < -0.4 is 5.73 Å². The largest absolute Gasteiger partial charge is 0.462 e. The van der Waals surface area contributed by atoms with E-state index in [1.165, 1.54) is 0 Å². The molecule has 0 saturated carbocycles. The molecule has 0 radical (unpaired) electrons. The third-order valence-corrected chi connectivity index (χ3v) is 1.75. The SMILES string of the molecule is CCOC(=O)c1ccc(N)c(C=N)c1. The lowest BCUT2D eigenvalue weighted by atomic mass is 10.1. The first-order chi connectivity index (χ1) is 6.69. The Kier molecular flexibility index (Phi) is 3.23. The molecule has 4 heteroatoms. The van der Waals surface area contributed by atoms with E-state index in [-0.39, 0.29) is 0 Å². The molecular formula is C10H12N2O2. The highest BCUT2D eigenvalue weighted by atomic mass is 16.5. The van der Waals surface area contributed by atoms with E-state index in [9.17, 15) is 4.79 Å². The molecule has 0 spiro atoms. The van der Waals surface area contributed by atoms with Gasteiger partial charge in [0, 0.05) is 17.5 Å². The molecule has 0 aliphatic heterocycles. The van der Waals surface area contributed by atoms with Gasteiger partial charge in [0.05, 0.1) is 12.2 Å². The van der Waals surface area contributed by atoms with Crippen molar-refractivity contribution in [1.29, 1.82) is 5.41 Å². The van der Waals surface area contributed by atoms with Gasteiger partial charge in [-0.1, -0.05) is 0 Å². The molecule has 0 atom stereocenters. The fourth-order valence-corrected chi connectivity index (χ4v) is 1.04. The molecule has 0 heterocycles. The molecule has 0 bridgehead atoms. The summed E-state index contributed by atoms with van der Waals surface area (Å²) in [4.78, 5) is 11.3. The standard InChI is InChI=1S/C10H12N2O2/c1-2-14-10(13)7-3-4-9(12)8(5-7)6-11/h3-6,11H,2,12H2,1H3. The Morgan fingerprint density at radius 2 is 2.36 bits per heavy atom. The predicted molar refractivity (Wildman–Crippen MR) is 54.7 cm³/mol. The Morgan fingerprint density at radius 1 is 1.64 bits per heavy atom. The number of nitrogens with two attached hydrogens (primary N) is 1. The zero-order valence-corrected chi connectivity index (χ0v) is 7.91. The van der Waals surface area contributed by atoms with Crippen LogP contribution in [-0.2, 0) is 4.74 Å². The number of rotatable bonds is 3. The highest BCUT2D eigenvalue weighted by Crippen LogP contribution is 2.12. The summed E-state index contributed by atoms with van der Waals surface area (Å²) >= 11 is 0. The van der Waals surface area contributed by atoms with E-state index in [0.29, 0.717) is 23.4 Å². The van der Waals surface area contributed by atoms with Crippen LogP contribution in [-0.4, -0.2) is 18.8 Å². The van der Waals surface area contributed by atoms with Crippen LogP contribution in [0, 0.1) is 5.41 Å². The third-order valence-electron chi connectivity index (χ3n) is 1.75. The molecule has 0 aromatic heterocycles. The van der Waals surface area contributed by atoms with Crippen LogP contribution in [0.15, 0.2) is 18.2 Å². The van der Waals surface area contributed by atoms with Gasteiger partial charge in [0.15, 0.2) is 0 Å². The van der Waals surface area contributed by atoms with E-state index in [1.807, 2.05) is 0 Å². The molecule has 74 valence electrons. The molecule has 1 aromatic rings. The van der Waals surface area contributed by atoms with Crippen LogP contribution in [0.1, 0.15) is 22.8 Å². The Labute approximate surface area is 82.2 Å². The summed E-state index contributed by atoms with van der Waals surface area (Å²) in [5.74, 6) is -0.393. The van der Waals surface area contributed by atoms with Crippen molar-refractivity contribution in [3.05, 3.63) is 29.3 Å². The summed E-state index contributed by atoms with van der Waals surface area (Å²) in [6.07, 6.45) is 1.11. The van der Waals surface area contributed by atoms with Gasteiger partial charge in [0.2, 0.25) is 0 Å². The van der Waals surface area contributed by atoms with E-state index in [0.717, 1.165) is 6.21 Å². The maximum absolute atomic E-state index is 11.3. The van der Waals surface area contributed by atoms with Crippen LogP contribution in [0.25, 0.3) is 0 Å². The number of nitrogen functional groups attached to an aromatic ring is 1. The summed E-state index contributed by atoms with van der Waals surface area (Å²) < 4.78 is 4.81. The van der Waals surface area contributed by atoms with Crippen molar-refractivity contribution >= 4 is 17.9 Å². The van der Waals surface area contributed by atoms with Crippen molar-refractivity contribution in [2.45, 2.75) is 6.92 Å². The summed E-state index contributed by atoms with van der Waals surface area (Å²) in [5, 5.41) is 7.07. The first-order valence-electron chi connectivity index (χ1n) is 4.26. The zero-order valence-electron chi connectivity index (χ0n) is 7.91. The zero-order chi connectivity index (χ0) is 10.6. The highest BCUT2D eigenvalue weighted by Gasteiger charge is 2.07. The second kappa shape index (κ2) is 4.41. The molecule has 4 nitrogen and oxygen atoms in total. The number of esters is 1. The van der Waals surface area contributed by atoms with Crippen LogP contribution in [0.3, 0.4) is 0 Å². The number of benzene rings is 1. The van der Waals surface area contributed by atoms with Crippen LogP contribution in [0.4, 0.5) is 5.69 Å². The summed E-state index contributed by atoms with van der Waals surface area (Å²) in [5.41, 5.74) is 6.99. The van der Waals surface area contributed by atoms with E-state index < -0.39 is 5.97 Å². The van der Waals surface area contributed by atoms with Crippen molar-refractivity contribution in [1.82, 2.24) is 0 Å². The van der Waals surface area contributed by atoms with Crippen LogP contribution in [0.5, 0.6) is 0 Å². The fourth-order valence-electron chi connectivity index (χ4n) is 1.04. The maximum atomic E-state index is 11.3. The minimum absolute atomic E-state index is 0.336. The predicted octanol–water partition coefficient (Wildman–Crippen LogP) is 1.44. The third kappa shape index (κ3) is 2.10. The van der Waals surface area contributed by atoms with Crippen molar-refractivity contribution in [3.63, 3.8) is 0 Å². The molecule has 1 rings (SSSR count). The highest BCUT2D eigenvalue weighted by molar-refractivity contribution is 5.94. The summed E-state index contributed by atoms with van der Waals surface area (Å²) in [6.45, 7) is 2.08. The Balaban J connectivity index is 3.00. The molecule has 0 fully saturated rings. The Morgan fingerprint density at radius 3 is 2.93 bits per heavy atom. The monoisotopic (exact) mass is 192 g/mol. The molecule has 14 heavy (non-hydrogen) atoms. The molecule has 3 N–H and O–H groups in total. The lowest BCUT2D eigenvalue weighted by molar-refractivity contribution is 0.0526. The number of ether oxygens (including phenoxy) is 1. The van der Waals surface area contributed by atoms with Gasteiger partial charge in [-0.05, 0) is 25.1 Å². The van der Waals surface area contributed by atoms with Gasteiger partial charge in [-0.2, -0.15) is 0 Å². The van der Waals surface area contributed by atoms with E-state index in [1.54, 1.807) is 25.1 Å². The fraction of sp³-hybridized carbons (Fsp3) is 0.200. The van der Waals surface area contributed by atoms with Crippen molar-refractivity contribution in [2.75, 3.05) is 12.3 Å². The minimum atomic E-state index is -0.393. The van der Waals surface area contributed by atoms with Gasteiger partial charge in [-0.15, -0.1) is 0 Å². The second-order valence-electron chi connectivity index (χ2n) is 2.71. The minimum Gasteiger partial charge on any atom is -0.462 e. The Bertz CT molecular complexity index is 361. The lowest BCUT2D eigenvalue weighted by Crippen LogP contribution is -2.06. The average molecular weight is 192 g/mol. The number of carbonyl (C=O) groups is 1. The van der Waals surface area contributed by atoms with Crippen molar-refractivity contribution < 1.29 is 9.53 Å². The second-order valence-corrected chi connectivity index (χ2v) is 2.71. The maximum Gasteiger partial charge on any atom is 0.338 e. The number of hydrogen-bond donors (Lipinski definition) is 2. The number of carbonyl (C=O) groups excluding carboxylic acids is 1. The normalized spacial score (nSPS) is 9.50. The van der Waals surface area contributed by atoms with Crippen LogP contribution in [0.2, 0.25) is 0 Å². The smallest absolute Gasteiger partial charge is 0.338 e. The Hall–Kier alpha value is -1.84. The molecule has 0 saturated heterocycles. The summed E-state index contributed by atoms with van der Waals surface area (Å²) in [7, 11) is 0. The molecule has 0 aliphatic carbocycles.